The predicted molar refractivity (Wildman–Crippen MR) is 93.6 cm³/mol. The van der Waals surface area contributed by atoms with E-state index in [9.17, 15) is 14.7 Å². The van der Waals surface area contributed by atoms with Crippen LogP contribution in [0.15, 0.2) is 34.7 Å². The van der Waals surface area contributed by atoms with Gasteiger partial charge in [0.15, 0.2) is 5.76 Å². The van der Waals surface area contributed by atoms with E-state index < -0.39 is 11.9 Å². The van der Waals surface area contributed by atoms with E-state index in [1.54, 1.807) is 18.2 Å². The minimum absolute atomic E-state index is 0.0459. The fourth-order valence-corrected chi connectivity index (χ4v) is 2.33. The first-order valence-electron chi connectivity index (χ1n) is 8.15. The summed E-state index contributed by atoms with van der Waals surface area (Å²) in [7, 11) is 2.55. The molecule has 0 saturated heterocycles. The van der Waals surface area contributed by atoms with Crippen LogP contribution in [0.2, 0.25) is 0 Å². The van der Waals surface area contributed by atoms with Crippen molar-refractivity contribution in [2.75, 3.05) is 20.8 Å². The Bertz CT molecular complexity index is 759. The number of methoxy groups -OCH3 is 2. The van der Waals surface area contributed by atoms with E-state index in [1.165, 1.54) is 20.3 Å². The van der Waals surface area contributed by atoms with E-state index in [0.29, 0.717) is 23.6 Å². The Morgan fingerprint density at radius 3 is 2.15 bits per heavy atom. The number of nitrogens with two attached hydrogens (primary N) is 1. The molecule has 0 aliphatic carbocycles. The van der Waals surface area contributed by atoms with Crippen molar-refractivity contribution >= 4 is 11.9 Å². The first-order chi connectivity index (χ1) is 12.3. The van der Waals surface area contributed by atoms with Crippen molar-refractivity contribution in [3.05, 3.63) is 47.2 Å². The van der Waals surface area contributed by atoms with Crippen LogP contribution in [0.1, 0.15) is 40.3 Å². The molecule has 1 aromatic heterocycles. The third-order valence-electron chi connectivity index (χ3n) is 3.98. The Hall–Kier alpha value is -2.64. The van der Waals surface area contributed by atoms with E-state index in [-0.39, 0.29) is 23.3 Å². The highest BCUT2D eigenvalue weighted by molar-refractivity contribution is 5.97. The Kier molecular flexibility index (Phi) is 6.18. The predicted octanol–water partition coefficient (Wildman–Crippen LogP) is 1.35. The van der Waals surface area contributed by atoms with Crippen molar-refractivity contribution in [2.45, 2.75) is 25.9 Å². The number of carbonyl (C=O) groups excluding carboxylic acids is 2. The first-order valence-corrected chi connectivity index (χ1v) is 8.15. The second-order valence-electron chi connectivity index (χ2n) is 6.60. The zero-order valence-corrected chi connectivity index (χ0v) is 15.4. The van der Waals surface area contributed by atoms with Crippen LogP contribution in [-0.4, -0.2) is 43.4 Å². The molecule has 7 heteroatoms. The lowest BCUT2D eigenvalue weighted by Crippen LogP contribution is -2.95. The van der Waals surface area contributed by atoms with E-state index in [0.717, 1.165) is 0 Å². The second-order valence-corrected chi connectivity index (χ2v) is 6.60. The number of hydrogen-bond acceptors (Lipinski definition) is 6. The minimum atomic E-state index is -0.554. The van der Waals surface area contributed by atoms with Crippen LogP contribution in [0.25, 0.3) is 11.3 Å². The molecule has 1 aromatic carbocycles. The lowest BCUT2D eigenvalue weighted by atomic mass is 10.0. The Morgan fingerprint density at radius 1 is 1.08 bits per heavy atom. The topological polar surface area (TPSA) is 103 Å². The average Bonchev–Trinajstić information content (AvgIpc) is 3.14. The molecule has 0 spiro atoms. The van der Waals surface area contributed by atoms with Crippen molar-refractivity contribution in [2.24, 2.45) is 0 Å². The monoisotopic (exact) mass is 362 g/mol. The van der Waals surface area contributed by atoms with Crippen LogP contribution in [-0.2, 0) is 16.0 Å². The highest BCUT2D eigenvalue weighted by Crippen LogP contribution is 2.25. The number of esters is 2. The highest BCUT2D eigenvalue weighted by Gasteiger charge is 2.21. The van der Waals surface area contributed by atoms with Gasteiger partial charge in [-0.2, -0.15) is 0 Å². The second kappa shape index (κ2) is 8.16. The molecular formula is C19H24NO6+. The van der Waals surface area contributed by atoms with Crippen LogP contribution >= 0.6 is 0 Å². The van der Waals surface area contributed by atoms with Gasteiger partial charge in [-0.3, -0.25) is 0 Å². The molecule has 3 N–H and O–H groups in total. The van der Waals surface area contributed by atoms with Gasteiger partial charge in [0.25, 0.3) is 0 Å². The summed E-state index contributed by atoms with van der Waals surface area (Å²) < 4.78 is 15.3. The van der Waals surface area contributed by atoms with Crippen molar-refractivity contribution < 1.29 is 33.9 Å². The van der Waals surface area contributed by atoms with Gasteiger partial charge >= 0.3 is 11.9 Å². The van der Waals surface area contributed by atoms with E-state index in [4.69, 9.17) is 13.9 Å². The number of aliphatic hydroxyl groups is 1. The maximum Gasteiger partial charge on any atom is 0.337 e. The third-order valence-corrected chi connectivity index (χ3v) is 3.98. The number of hydrogen-bond donors (Lipinski definition) is 2. The standard InChI is InChI=1S/C19H23NO6/c1-19(2,11-21)20-10-15-5-6-16(26-15)12-7-13(17(22)24-3)9-14(8-12)18(23)25-4/h5-9,20-21H,10-11H2,1-4H3/p+1. The number of quaternary nitrogens is 1. The zero-order valence-electron chi connectivity index (χ0n) is 15.4. The first kappa shape index (κ1) is 19.7. The van der Waals surface area contributed by atoms with Gasteiger partial charge < -0.3 is 24.3 Å². The quantitative estimate of drug-likeness (QED) is 0.721. The smallest absolute Gasteiger partial charge is 0.337 e. The lowest BCUT2D eigenvalue weighted by Gasteiger charge is -2.18. The molecule has 0 amide bonds. The van der Waals surface area contributed by atoms with Crippen LogP contribution < -0.4 is 5.32 Å². The average molecular weight is 362 g/mol. The SMILES string of the molecule is COC(=O)c1cc(C(=O)OC)cc(-c2ccc(C[NH2+]C(C)(C)CO)o2)c1. The number of ether oxygens (including phenoxy) is 2. The van der Waals surface area contributed by atoms with Gasteiger partial charge in [-0.15, -0.1) is 0 Å². The van der Waals surface area contributed by atoms with Gasteiger partial charge in [0, 0.05) is 5.56 Å². The molecule has 7 nitrogen and oxygen atoms in total. The molecule has 0 saturated carbocycles. The number of benzene rings is 1. The van der Waals surface area contributed by atoms with Crippen molar-refractivity contribution in [3.63, 3.8) is 0 Å². The summed E-state index contributed by atoms with van der Waals surface area (Å²) in [6.45, 7) is 4.46. The Labute approximate surface area is 151 Å². The molecule has 2 aromatic rings. The van der Waals surface area contributed by atoms with Gasteiger partial charge in [0.05, 0.1) is 32.0 Å². The summed E-state index contributed by atoms with van der Waals surface area (Å²) in [5, 5.41) is 11.3. The normalized spacial score (nSPS) is 11.3. The molecular weight excluding hydrogens is 338 g/mol. The van der Waals surface area contributed by atoms with Crippen LogP contribution in [0, 0.1) is 0 Å². The summed E-state index contributed by atoms with van der Waals surface area (Å²) in [5.41, 5.74) is 0.726. The zero-order chi connectivity index (χ0) is 19.3. The molecule has 140 valence electrons. The third kappa shape index (κ3) is 4.71. The number of aliphatic hydroxyl groups excluding tert-OH is 1. The van der Waals surface area contributed by atoms with E-state index >= 15 is 0 Å². The van der Waals surface area contributed by atoms with Gasteiger partial charge in [0.1, 0.15) is 17.8 Å². The van der Waals surface area contributed by atoms with Crippen molar-refractivity contribution in [1.29, 1.82) is 0 Å². The van der Waals surface area contributed by atoms with E-state index in [1.807, 2.05) is 25.2 Å². The summed E-state index contributed by atoms with van der Waals surface area (Å²) in [4.78, 5) is 23.8. The fourth-order valence-electron chi connectivity index (χ4n) is 2.33. The summed E-state index contributed by atoms with van der Waals surface area (Å²) in [5.74, 6) is 0.124. The number of rotatable bonds is 7. The molecule has 0 radical (unpaired) electrons. The molecule has 0 fully saturated rings. The van der Waals surface area contributed by atoms with Crippen molar-refractivity contribution in [3.8, 4) is 11.3 Å². The molecule has 2 rings (SSSR count). The Balaban J connectivity index is 2.32. The Morgan fingerprint density at radius 2 is 1.65 bits per heavy atom. The molecule has 1 heterocycles. The van der Waals surface area contributed by atoms with Crippen LogP contribution in [0.4, 0.5) is 0 Å². The summed E-state index contributed by atoms with van der Waals surface area (Å²) in [6, 6.07) is 8.21. The van der Waals surface area contributed by atoms with Gasteiger partial charge in [-0.05, 0) is 44.2 Å². The summed E-state index contributed by atoms with van der Waals surface area (Å²) >= 11 is 0. The molecule has 0 atom stereocenters. The number of furan rings is 1. The maximum atomic E-state index is 11.9. The molecule has 0 unspecified atom stereocenters. The van der Waals surface area contributed by atoms with Crippen LogP contribution in [0.5, 0.6) is 0 Å². The highest BCUT2D eigenvalue weighted by atomic mass is 16.5. The van der Waals surface area contributed by atoms with Crippen LogP contribution in [0.3, 0.4) is 0 Å². The number of carbonyl (C=O) groups is 2. The van der Waals surface area contributed by atoms with Gasteiger partial charge in [-0.25, -0.2) is 9.59 Å². The minimum Gasteiger partial charge on any atom is -0.465 e. The molecule has 0 aliphatic rings. The van der Waals surface area contributed by atoms with Gasteiger partial charge in [-0.1, -0.05) is 0 Å². The largest absolute Gasteiger partial charge is 0.465 e. The summed E-state index contributed by atoms with van der Waals surface area (Å²) in [6.07, 6.45) is 0. The maximum absolute atomic E-state index is 11.9. The molecule has 26 heavy (non-hydrogen) atoms. The molecule has 0 aliphatic heterocycles. The lowest BCUT2D eigenvalue weighted by molar-refractivity contribution is -0.738. The van der Waals surface area contributed by atoms with Gasteiger partial charge in [0.2, 0.25) is 0 Å². The molecule has 0 bridgehead atoms. The van der Waals surface area contributed by atoms with E-state index in [2.05, 4.69) is 0 Å². The van der Waals surface area contributed by atoms with Crippen molar-refractivity contribution in [1.82, 2.24) is 0 Å². The fraction of sp³-hybridized carbons (Fsp3) is 0.368.